The summed E-state index contributed by atoms with van der Waals surface area (Å²) in [6.45, 7) is 30.6. The zero-order valence-corrected chi connectivity index (χ0v) is 57.8. The van der Waals surface area contributed by atoms with Crippen LogP contribution in [0.5, 0.6) is 0 Å². The van der Waals surface area contributed by atoms with E-state index in [1.165, 1.54) is 66.7 Å². The minimum atomic E-state index is -1.58. The van der Waals surface area contributed by atoms with Crippen molar-refractivity contribution in [1.29, 1.82) is 0 Å². The highest BCUT2D eigenvalue weighted by atomic mass is 16.3. The van der Waals surface area contributed by atoms with Gasteiger partial charge in [-0.1, -0.05) is 129 Å². The normalized spacial score (nSPS) is 16.4. The van der Waals surface area contributed by atoms with Crippen LogP contribution in [-0.2, 0) is 47.9 Å². The summed E-state index contributed by atoms with van der Waals surface area (Å²) in [5.41, 5.74) is 5.62. The van der Waals surface area contributed by atoms with E-state index in [0.717, 1.165) is 16.2 Å². The molecule has 0 spiro atoms. The van der Waals surface area contributed by atoms with Gasteiger partial charge in [0.15, 0.2) is 0 Å². The summed E-state index contributed by atoms with van der Waals surface area (Å²) in [4.78, 5) is 149. The molecule has 0 bridgehead atoms. The molecule has 23 heteroatoms. The highest BCUT2D eigenvalue weighted by Gasteiger charge is 2.45. The van der Waals surface area contributed by atoms with Crippen molar-refractivity contribution >= 4 is 59.1 Å². The largest absolute Gasteiger partial charge is 0.390 e. The number of nitrogens with zero attached hydrogens (tertiary/aromatic N) is 7. The van der Waals surface area contributed by atoms with Gasteiger partial charge in [0.2, 0.25) is 59.1 Å². The van der Waals surface area contributed by atoms with Crippen molar-refractivity contribution in [1.82, 2.24) is 50.2 Å². The number of carbonyl (C=O) groups is 10. The zero-order chi connectivity index (χ0) is 67.8. The molecule has 2 unspecified atom stereocenters. The fourth-order valence-corrected chi connectivity index (χ4v) is 10.7. The van der Waals surface area contributed by atoms with Crippen molar-refractivity contribution in [3.8, 4) is 0 Å². The van der Waals surface area contributed by atoms with Crippen LogP contribution in [0.25, 0.3) is 0 Å². The molecule has 87 heavy (non-hydrogen) atoms. The van der Waals surface area contributed by atoms with Crippen LogP contribution in [0.15, 0.2) is 12.2 Å². The van der Waals surface area contributed by atoms with Crippen molar-refractivity contribution in [3.05, 3.63) is 12.2 Å². The number of hydrogen-bond donors (Lipinski definition) is 6. The summed E-state index contributed by atoms with van der Waals surface area (Å²) in [6.07, 6.45) is 3.83. The van der Waals surface area contributed by atoms with Gasteiger partial charge < -0.3 is 61.3 Å². The summed E-state index contributed by atoms with van der Waals surface area (Å²) < 4.78 is 0. The van der Waals surface area contributed by atoms with E-state index in [0.29, 0.717) is 25.7 Å². The van der Waals surface area contributed by atoms with Gasteiger partial charge in [0, 0.05) is 48.2 Å². The molecule has 0 aliphatic rings. The predicted molar refractivity (Wildman–Crippen MR) is 341 cm³/mol. The predicted octanol–water partition coefficient (Wildman–Crippen LogP) is 4.22. The minimum absolute atomic E-state index is 0.0433. The van der Waals surface area contributed by atoms with E-state index >= 15 is 9.59 Å². The van der Waals surface area contributed by atoms with E-state index in [2.05, 4.69) is 16.0 Å². The maximum Gasteiger partial charge on any atom is 0.246 e. The molecule has 0 aromatic heterocycles. The smallest absolute Gasteiger partial charge is 0.246 e. The van der Waals surface area contributed by atoms with Crippen molar-refractivity contribution in [2.24, 2.45) is 47.2 Å². The molecule has 0 fully saturated rings. The topological polar surface area (TPSA) is 296 Å². The average molecular weight is 1230 g/mol. The molecule has 0 rings (SSSR count). The zero-order valence-electron chi connectivity index (χ0n) is 57.8. The Morgan fingerprint density at radius 2 is 1.02 bits per heavy atom. The van der Waals surface area contributed by atoms with E-state index in [9.17, 15) is 48.6 Å². The van der Waals surface area contributed by atoms with E-state index < -0.39 is 138 Å². The number of nitrogens with one attached hydrogen (secondary N) is 3. The summed E-state index contributed by atoms with van der Waals surface area (Å²) in [6, 6.07) is -9.92. The van der Waals surface area contributed by atoms with Crippen LogP contribution in [0.3, 0.4) is 0 Å². The van der Waals surface area contributed by atoms with Crippen LogP contribution in [0.2, 0.25) is 0 Å². The number of nitrogens with two attached hydrogens (primary N) is 1. The van der Waals surface area contributed by atoms with Gasteiger partial charge in [0.1, 0.15) is 48.5 Å². The van der Waals surface area contributed by atoms with Crippen LogP contribution in [-0.4, -0.2) is 226 Å². The Morgan fingerprint density at radius 3 is 1.48 bits per heavy atom. The number of primary amides is 1. The number of aliphatic hydroxyl groups is 2. The van der Waals surface area contributed by atoms with Crippen molar-refractivity contribution in [3.63, 3.8) is 0 Å². The fraction of sp³-hybridized carbons (Fsp3) is 0.812. The molecule has 0 aromatic carbocycles. The Kier molecular flexibility index (Phi) is 36.1. The summed E-state index contributed by atoms with van der Waals surface area (Å²) in [7, 11) is 10.3. The van der Waals surface area contributed by atoms with Crippen molar-refractivity contribution < 1.29 is 58.2 Å². The first kappa shape index (κ1) is 81.3. The molecular weight excluding hydrogens is 1110 g/mol. The maximum atomic E-state index is 15.2. The third-order valence-corrected chi connectivity index (χ3v) is 16.9. The van der Waals surface area contributed by atoms with Gasteiger partial charge in [-0.3, -0.25) is 52.8 Å². The standard InChI is InChI=1S/C64H119N11O12/c1-25-29-31-42(15)54(77)53(58(81)68-46(28-4)61(84)69(18)36-51(76)70(19)47(55(65)78)32-30-26-2)75(24)64(87)52(41(13)14)74(23)63(86)50(35-39(9)10)73(22)62(85)49(34-38(7)8)72(21)60(83)44(17)66-56(79)45(27-3)67-57(80)48(33-37(5)6)71(20)59(82)43(16)40(11)12/h25,29,37-50,52-54,62,77,85H,26-28,30-36H2,1-24H3,(H2,65,78)(H,66,79)(H,67,80)(H,68,81)/b29-25-/t42-,43+,44+,45-,46+,47-,48+,49-,50-,52+,53?,54+,62?/m1/s1. The Hall–Kier alpha value is -5.68. The summed E-state index contributed by atoms with van der Waals surface area (Å²) in [5.74, 6) is -7.39. The molecule has 0 aliphatic heterocycles. The SMILES string of the molecule is C/C=C\C[C@@H](C)[C@H](O)C(C(=O)N[C@@H](CC)C(=O)N(C)CC(=O)N(C)[C@H](CCCC)C(N)=O)N(C)C(=O)[C@H](C(C)C)N(C)C(=O)[C@@H](CC(C)C)N(C)C(O)[C@@H](CC(C)C)N(C)C(=O)[C@H](C)NC(=O)[C@@H](CC)NC(=O)[C@H](CC(C)C)N(C)C(=O)[C@@H](C)C(C)C. The Labute approximate surface area is 523 Å². The lowest BCUT2D eigenvalue weighted by atomic mass is 9.91. The number of rotatable bonds is 39. The van der Waals surface area contributed by atoms with Gasteiger partial charge in [0.25, 0.3) is 0 Å². The van der Waals surface area contributed by atoms with E-state index in [4.69, 9.17) is 5.73 Å². The molecule has 0 aliphatic carbocycles. The molecule has 10 amide bonds. The molecule has 502 valence electrons. The highest BCUT2D eigenvalue weighted by Crippen LogP contribution is 2.27. The molecule has 0 radical (unpaired) electrons. The highest BCUT2D eigenvalue weighted by molar-refractivity contribution is 5.97. The summed E-state index contributed by atoms with van der Waals surface area (Å²) in [5, 5.41) is 32.8. The Balaban J connectivity index is 7.10. The minimum Gasteiger partial charge on any atom is -0.390 e. The second kappa shape index (κ2) is 38.7. The van der Waals surface area contributed by atoms with E-state index in [1.54, 1.807) is 61.7 Å². The van der Waals surface area contributed by atoms with E-state index in [-0.39, 0.29) is 61.2 Å². The van der Waals surface area contributed by atoms with Crippen LogP contribution in [0, 0.1) is 41.4 Å². The number of amides is 10. The molecule has 23 nitrogen and oxygen atoms in total. The van der Waals surface area contributed by atoms with Crippen LogP contribution >= 0.6 is 0 Å². The number of hydrogen-bond acceptors (Lipinski definition) is 13. The van der Waals surface area contributed by atoms with Gasteiger partial charge in [-0.05, 0) is 101 Å². The third kappa shape index (κ3) is 24.3. The number of aliphatic hydroxyl groups excluding tert-OH is 2. The third-order valence-electron chi connectivity index (χ3n) is 16.9. The molecule has 0 saturated heterocycles. The second-order valence-electron chi connectivity index (χ2n) is 26.2. The van der Waals surface area contributed by atoms with Gasteiger partial charge in [-0.15, -0.1) is 0 Å². The summed E-state index contributed by atoms with van der Waals surface area (Å²) >= 11 is 0. The lowest BCUT2D eigenvalue weighted by Crippen LogP contribution is -2.64. The maximum absolute atomic E-state index is 15.2. The van der Waals surface area contributed by atoms with Crippen molar-refractivity contribution in [2.45, 2.75) is 242 Å². The monoisotopic (exact) mass is 1230 g/mol. The van der Waals surface area contributed by atoms with Crippen molar-refractivity contribution in [2.75, 3.05) is 55.9 Å². The Morgan fingerprint density at radius 1 is 0.517 bits per heavy atom. The number of unbranched alkanes of at least 4 members (excludes halogenated alkanes) is 1. The number of allylic oxidation sites excluding steroid dienone is 2. The molecule has 0 heterocycles. The van der Waals surface area contributed by atoms with Gasteiger partial charge in [0.05, 0.1) is 24.7 Å². The van der Waals surface area contributed by atoms with Crippen LogP contribution < -0.4 is 21.7 Å². The lowest BCUT2D eigenvalue weighted by molar-refractivity contribution is -0.158. The number of carbonyl (C=O) groups excluding carboxylic acids is 10. The van der Waals surface area contributed by atoms with Crippen LogP contribution in [0.4, 0.5) is 0 Å². The van der Waals surface area contributed by atoms with Gasteiger partial charge in [-0.2, -0.15) is 0 Å². The molecule has 13 atom stereocenters. The Bertz CT molecular complexity index is 2260. The molecule has 7 N–H and O–H groups in total. The van der Waals surface area contributed by atoms with Gasteiger partial charge >= 0.3 is 0 Å². The molecule has 0 saturated carbocycles. The quantitative estimate of drug-likeness (QED) is 0.0372. The fourth-order valence-electron chi connectivity index (χ4n) is 10.7. The first-order valence-corrected chi connectivity index (χ1v) is 31.7. The molecular formula is C64H119N11O12. The lowest BCUT2D eigenvalue weighted by Gasteiger charge is -2.43. The molecule has 0 aromatic rings. The van der Waals surface area contributed by atoms with E-state index in [1.807, 2.05) is 75.3 Å². The van der Waals surface area contributed by atoms with Crippen LogP contribution in [0.1, 0.15) is 175 Å². The number of likely N-dealkylation sites (N-methyl/N-ethyl adjacent to an activating group) is 7. The first-order valence-electron chi connectivity index (χ1n) is 31.7. The average Bonchev–Trinajstić information content (AvgIpc) is 2.50. The first-order chi connectivity index (χ1) is 40.2. The van der Waals surface area contributed by atoms with Gasteiger partial charge in [-0.25, -0.2) is 0 Å². The second-order valence-corrected chi connectivity index (χ2v) is 26.2.